The van der Waals surface area contributed by atoms with Crippen molar-refractivity contribution >= 4 is 46.6 Å². The van der Waals surface area contributed by atoms with Gasteiger partial charge in [0.15, 0.2) is 5.16 Å². The van der Waals surface area contributed by atoms with Gasteiger partial charge in [-0.1, -0.05) is 29.4 Å². The van der Waals surface area contributed by atoms with E-state index in [1.165, 1.54) is 11.8 Å². The van der Waals surface area contributed by atoms with E-state index in [1.54, 1.807) is 47.3 Å². The number of nitrogens with zero attached hydrogens (tertiary/aromatic N) is 3. The number of carbonyl (C=O) groups excluding carboxylic acids is 2. The van der Waals surface area contributed by atoms with E-state index in [0.717, 1.165) is 5.56 Å². The Morgan fingerprint density at radius 1 is 1.11 bits per heavy atom. The summed E-state index contributed by atoms with van der Waals surface area (Å²) >= 11 is 7.37. The average molecular weight is 416 g/mol. The zero-order chi connectivity index (χ0) is 20.1. The predicted octanol–water partition coefficient (Wildman–Crippen LogP) is 3.76. The molecule has 0 radical (unpaired) electrons. The first-order chi connectivity index (χ1) is 13.4. The molecule has 3 aromatic rings. The maximum absolute atomic E-state index is 12.3. The second-order valence-electron chi connectivity index (χ2n) is 6.06. The van der Waals surface area contributed by atoms with Crippen molar-refractivity contribution in [3.05, 3.63) is 64.9 Å². The van der Waals surface area contributed by atoms with Crippen molar-refractivity contribution in [3.8, 4) is 0 Å². The molecular formula is C19H18ClN5O2S. The summed E-state index contributed by atoms with van der Waals surface area (Å²) in [6.07, 6.45) is 1.58. The first-order valence-electron chi connectivity index (χ1n) is 8.36. The van der Waals surface area contributed by atoms with Crippen molar-refractivity contribution in [1.29, 1.82) is 0 Å². The fourth-order valence-corrected chi connectivity index (χ4v) is 3.18. The number of aromatic nitrogens is 3. The zero-order valence-corrected chi connectivity index (χ0v) is 16.8. The first-order valence-corrected chi connectivity index (χ1v) is 9.73. The van der Waals surface area contributed by atoms with Gasteiger partial charge in [0, 0.05) is 29.0 Å². The van der Waals surface area contributed by atoms with Crippen LogP contribution in [-0.2, 0) is 11.8 Å². The Kier molecular flexibility index (Phi) is 6.33. The van der Waals surface area contributed by atoms with Crippen molar-refractivity contribution in [1.82, 2.24) is 14.8 Å². The number of anilines is 2. The van der Waals surface area contributed by atoms with E-state index in [4.69, 9.17) is 11.6 Å². The molecule has 9 heteroatoms. The van der Waals surface area contributed by atoms with E-state index in [1.807, 2.05) is 20.0 Å². The van der Waals surface area contributed by atoms with Gasteiger partial charge in [-0.05, 0) is 48.9 Å². The number of aryl methyl sites for hydroxylation is 2. The van der Waals surface area contributed by atoms with Crippen molar-refractivity contribution in [2.45, 2.75) is 12.1 Å². The molecule has 2 amide bonds. The Labute approximate surface area is 171 Å². The molecule has 3 rings (SSSR count). The van der Waals surface area contributed by atoms with Gasteiger partial charge in [0.05, 0.1) is 5.75 Å². The van der Waals surface area contributed by atoms with Gasteiger partial charge in [0.2, 0.25) is 5.91 Å². The average Bonchev–Trinajstić information content (AvgIpc) is 3.08. The van der Waals surface area contributed by atoms with E-state index < -0.39 is 0 Å². The maximum atomic E-state index is 12.3. The van der Waals surface area contributed by atoms with Crippen LogP contribution >= 0.6 is 23.4 Å². The molecule has 0 atom stereocenters. The third kappa shape index (κ3) is 5.11. The number of hydrogen-bond acceptors (Lipinski definition) is 5. The second-order valence-corrected chi connectivity index (χ2v) is 7.41. The molecule has 28 heavy (non-hydrogen) atoms. The lowest BCUT2D eigenvalue weighted by atomic mass is 10.1. The number of halogens is 1. The number of benzene rings is 2. The van der Waals surface area contributed by atoms with Gasteiger partial charge in [-0.15, -0.1) is 10.2 Å². The molecule has 0 aliphatic rings. The van der Waals surface area contributed by atoms with E-state index >= 15 is 0 Å². The quantitative estimate of drug-likeness (QED) is 0.598. The fourth-order valence-electron chi connectivity index (χ4n) is 2.31. The third-order valence-corrected chi connectivity index (χ3v) is 5.30. The van der Waals surface area contributed by atoms with E-state index in [0.29, 0.717) is 27.1 Å². The van der Waals surface area contributed by atoms with Crippen LogP contribution in [0.5, 0.6) is 0 Å². The van der Waals surface area contributed by atoms with E-state index in [-0.39, 0.29) is 17.6 Å². The highest BCUT2D eigenvalue weighted by atomic mass is 35.5. The summed E-state index contributed by atoms with van der Waals surface area (Å²) in [6, 6.07) is 12.0. The molecule has 144 valence electrons. The van der Waals surface area contributed by atoms with E-state index in [9.17, 15) is 9.59 Å². The highest BCUT2D eigenvalue weighted by Gasteiger charge is 2.10. The van der Waals surface area contributed by atoms with Gasteiger partial charge in [0.1, 0.15) is 6.33 Å². The monoisotopic (exact) mass is 415 g/mol. The van der Waals surface area contributed by atoms with Gasteiger partial charge >= 0.3 is 0 Å². The Bertz CT molecular complexity index is 1000. The second kappa shape index (κ2) is 8.90. The smallest absolute Gasteiger partial charge is 0.255 e. The van der Waals surface area contributed by atoms with Crippen LogP contribution in [0.25, 0.3) is 0 Å². The SMILES string of the molecule is Cc1ccc(NC(=O)c2ccc(NC(=O)CSc3nncn3C)cc2)cc1Cl. The molecule has 2 aromatic carbocycles. The highest BCUT2D eigenvalue weighted by Crippen LogP contribution is 2.21. The molecule has 1 heterocycles. The van der Waals surface area contributed by atoms with Crippen LogP contribution in [0.3, 0.4) is 0 Å². The lowest BCUT2D eigenvalue weighted by Crippen LogP contribution is -2.15. The third-order valence-electron chi connectivity index (χ3n) is 3.86. The van der Waals surface area contributed by atoms with Crippen LogP contribution in [0.2, 0.25) is 5.02 Å². The predicted molar refractivity (Wildman–Crippen MR) is 111 cm³/mol. The molecule has 1 aromatic heterocycles. The Balaban J connectivity index is 1.55. The van der Waals surface area contributed by atoms with E-state index in [2.05, 4.69) is 20.8 Å². The zero-order valence-electron chi connectivity index (χ0n) is 15.3. The summed E-state index contributed by atoms with van der Waals surface area (Å²) in [5.41, 5.74) is 2.65. The summed E-state index contributed by atoms with van der Waals surface area (Å²) < 4.78 is 1.74. The number of thioether (sulfide) groups is 1. The molecule has 0 bridgehead atoms. The Morgan fingerprint density at radius 3 is 2.46 bits per heavy atom. The van der Waals surface area contributed by atoms with Crippen LogP contribution < -0.4 is 10.6 Å². The normalized spacial score (nSPS) is 10.5. The molecule has 0 saturated carbocycles. The topological polar surface area (TPSA) is 88.9 Å². The largest absolute Gasteiger partial charge is 0.325 e. The lowest BCUT2D eigenvalue weighted by molar-refractivity contribution is -0.113. The summed E-state index contributed by atoms with van der Waals surface area (Å²) in [5.74, 6) is -0.210. The molecule has 0 fully saturated rings. The molecule has 0 spiro atoms. The molecular weight excluding hydrogens is 398 g/mol. The summed E-state index contributed by atoms with van der Waals surface area (Å²) in [7, 11) is 1.81. The molecule has 0 aliphatic carbocycles. The minimum Gasteiger partial charge on any atom is -0.325 e. The van der Waals surface area contributed by atoms with Crippen molar-refractivity contribution in [3.63, 3.8) is 0 Å². The summed E-state index contributed by atoms with van der Waals surface area (Å²) in [6.45, 7) is 1.90. The molecule has 7 nitrogen and oxygen atoms in total. The van der Waals surface area contributed by atoms with Crippen molar-refractivity contribution in [2.24, 2.45) is 7.05 Å². The number of amides is 2. The number of hydrogen-bond donors (Lipinski definition) is 2. The summed E-state index contributed by atoms with van der Waals surface area (Å²) in [5, 5.41) is 14.5. The van der Waals surface area contributed by atoms with Crippen LogP contribution in [0, 0.1) is 6.92 Å². The first kappa shape index (κ1) is 19.9. The number of carbonyl (C=O) groups is 2. The van der Waals surface area contributed by atoms with Crippen molar-refractivity contribution < 1.29 is 9.59 Å². The minimum atomic E-state index is -0.254. The van der Waals surface area contributed by atoms with Crippen LogP contribution in [0.1, 0.15) is 15.9 Å². The van der Waals surface area contributed by atoms with Gasteiger partial charge < -0.3 is 15.2 Å². The number of nitrogens with one attached hydrogen (secondary N) is 2. The van der Waals surface area contributed by atoms with Gasteiger partial charge in [-0.25, -0.2) is 0 Å². The molecule has 0 unspecified atom stereocenters. The molecule has 0 aliphatic heterocycles. The van der Waals surface area contributed by atoms with Gasteiger partial charge in [-0.2, -0.15) is 0 Å². The summed E-state index contributed by atoms with van der Waals surface area (Å²) in [4.78, 5) is 24.4. The van der Waals surface area contributed by atoms with Crippen molar-refractivity contribution in [2.75, 3.05) is 16.4 Å². The fraction of sp³-hybridized carbons (Fsp3) is 0.158. The van der Waals surface area contributed by atoms with Gasteiger partial charge in [-0.3, -0.25) is 9.59 Å². The molecule has 0 saturated heterocycles. The van der Waals surface area contributed by atoms with Crippen LogP contribution in [0.4, 0.5) is 11.4 Å². The Morgan fingerprint density at radius 2 is 1.82 bits per heavy atom. The lowest BCUT2D eigenvalue weighted by Gasteiger charge is -2.08. The van der Waals surface area contributed by atoms with Crippen LogP contribution in [-0.4, -0.2) is 32.3 Å². The Hall–Kier alpha value is -2.84. The number of rotatable bonds is 6. The molecule has 2 N–H and O–H groups in total. The minimum absolute atomic E-state index is 0.167. The highest BCUT2D eigenvalue weighted by molar-refractivity contribution is 7.99. The van der Waals surface area contributed by atoms with Crippen LogP contribution in [0.15, 0.2) is 53.9 Å². The van der Waals surface area contributed by atoms with Gasteiger partial charge in [0.25, 0.3) is 5.91 Å². The maximum Gasteiger partial charge on any atom is 0.255 e. The standard InChI is InChI=1S/C19H18ClN5O2S/c1-12-3-6-15(9-16(12)20)23-18(27)13-4-7-14(8-5-13)22-17(26)10-28-19-24-21-11-25(19)2/h3-9,11H,10H2,1-2H3,(H,22,26)(H,23,27).